The van der Waals surface area contributed by atoms with Gasteiger partial charge >= 0.3 is 6.61 Å². The lowest BCUT2D eigenvalue weighted by Gasteiger charge is -2.20. The first-order chi connectivity index (χ1) is 10.0. The third-order valence-corrected chi connectivity index (χ3v) is 2.95. The number of benzene rings is 2. The summed E-state index contributed by atoms with van der Waals surface area (Å²) in [7, 11) is 1.56. The van der Waals surface area contributed by atoms with Gasteiger partial charge in [-0.2, -0.15) is 8.78 Å². The molecule has 0 fully saturated rings. The highest BCUT2D eigenvalue weighted by Crippen LogP contribution is 2.31. The maximum Gasteiger partial charge on any atom is 0.387 e. The van der Waals surface area contributed by atoms with Crippen molar-refractivity contribution in [1.82, 2.24) is 5.32 Å². The Morgan fingerprint density at radius 3 is 2.19 bits per heavy atom. The zero-order chi connectivity index (χ0) is 15.4. The highest BCUT2D eigenvalue weighted by Gasteiger charge is 2.19. The van der Waals surface area contributed by atoms with E-state index in [-0.39, 0.29) is 11.3 Å². The molecule has 1 N–H and O–H groups in total. The molecule has 2 aromatic rings. The Bertz CT molecular complexity index is 598. The predicted octanol–water partition coefficient (Wildman–Crippen LogP) is 3.88. The first kappa shape index (κ1) is 15.3. The molecule has 21 heavy (non-hydrogen) atoms. The second-order valence-corrected chi connectivity index (χ2v) is 4.34. The van der Waals surface area contributed by atoms with E-state index in [1.807, 2.05) is 0 Å². The van der Waals surface area contributed by atoms with Crippen molar-refractivity contribution in [2.24, 2.45) is 0 Å². The minimum atomic E-state index is -2.98. The summed E-state index contributed by atoms with van der Waals surface area (Å²) < 4.78 is 56.0. The van der Waals surface area contributed by atoms with E-state index >= 15 is 0 Å². The largest absolute Gasteiger partial charge is 0.434 e. The Balaban J connectivity index is 2.46. The Labute approximate surface area is 119 Å². The Kier molecular flexibility index (Phi) is 4.80. The number of hydrogen-bond acceptors (Lipinski definition) is 2. The SMILES string of the molecule is CNC(c1cc(F)cc(F)c1)c1ccccc1OC(F)F. The van der Waals surface area contributed by atoms with Crippen molar-refractivity contribution in [3.05, 3.63) is 65.2 Å². The van der Waals surface area contributed by atoms with Crippen molar-refractivity contribution in [2.75, 3.05) is 7.05 Å². The average Bonchev–Trinajstić information content (AvgIpc) is 2.40. The molecule has 0 spiro atoms. The van der Waals surface area contributed by atoms with Gasteiger partial charge in [0.15, 0.2) is 0 Å². The summed E-state index contributed by atoms with van der Waals surface area (Å²) in [5, 5.41) is 2.84. The van der Waals surface area contributed by atoms with Crippen LogP contribution in [0.2, 0.25) is 0 Å². The average molecular weight is 299 g/mol. The molecule has 112 valence electrons. The molecule has 2 nitrogen and oxygen atoms in total. The molecule has 0 radical (unpaired) electrons. The van der Waals surface area contributed by atoms with E-state index in [0.29, 0.717) is 5.56 Å². The van der Waals surface area contributed by atoms with Crippen LogP contribution in [0.15, 0.2) is 42.5 Å². The first-order valence-corrected chi connectivity index (χ1v) is 6.18. The highest BCUT2D eigenvalue weighted by molar-refractivity contribution is 5.41. The quantitative estimate of drug-likeness (QED) is 0.846. The molecular weight excluding hydrogens is 286 g/mol. The maximum absolute atomic E-state index is 13.3. The second kappa shape index (κ2) is 6.58. The maximum atomic E-state index is 13.3. The fraction of sp³-hybridized carbons (Fsp3) is 0.200. The molecule has 1 unspecified atom stereocenters. The van der Waals surface area contributed by atoms with Crippen molar-refractivity contribution in [2.45, 2.75) is 12.7 Å². The fourth-order valence-electron chi connectivity index (χ4n) is 2.17. The molecule has 2 rings (SSSR count). The lowest BCUT2D eigenvalue weighted by atomic mass is 9.98. The Morgan fingerprint density at radius 2 is 1.62 bits per heavy atom. The van der Waals surface area contributed by atoms with Crippen LogP contribution in [0.5, 0.6) is 5.75 Å². The van der Waals surface area contributed by atoms with Crippen molar-refractivity contribution in [3.63, 3.8) is 0 Å². The number of nitrogens with one attached hydrogen (secondary N) is 1. The predicted molar refractivity (Wildman–Crippen MR) is 70.3 cm³/mol. The molecule has 0 saturated carbocycles. The van der Waals surface area contributed by atoms with Gasteiger partial charge in [0.25, 0.3) is 0 Å². The number of rotatable bonds is 5. The molecule has 0 aliphatic rings. The second-order valence-electron chi connectivity index (χ2n) is 4.34. The van der Waals surface area contributed by atoms with E-state index in [1.54, 1.807) is 25.2 Å². The normalized spacial score (nSPS) is 12.5. The van der Waals surface area contributed by atoms with E-state index in [4.69, 9.17) is 0 Å². The van der Waals surface area contributed by atoms with Crippen LogP contribution >= 0.6 is 0 Å². The molecule has 2 aromatic carbocycles. The van der Waals surface area contributed by atoms with Gasteiger partial charge in [-0.3, -0.25) is 0 Å². The van der Waals surface area contributed by atoms with Crippen LogP contribution in [-0.4, -0.2) is 13.7 Å². The third kappa shape index (κ3) is 3.72. The van der Waals surface area contributed by atoms with E-state index < -0.39 is 24.3 Å². The number of ether oxygens (including phenoxy) is 1. The molecule has 0 bridgehead atoms. The summed E-state index contributed by atoms with van der Waals surface area (Å²) in [6.45, 7) is -2.98. The molecular formula is C15H13F4NO. The molecule has 0 heterocycles. The van der Waals surface area contributed by atoms with Crippen LogP contribution in [0.3, 0.4) is 0 Å². The molecule has 0 amide bonds. The minimum Gasteiger partial charge on any atom is -0.434 e. The van der Waals surface area contributed by atoms with Gasteiger partial charge in [0.1, 0.15) is 17.4 Å². The van der Waals surface area contributed by atoms with Gasteiger partial charge in [0.05, 0.1) is 6.04 Å². The number of hydrogen-bond donors (Lipinski definition) is 1. The molecule has 0 aliphatic heterocycles. The van der Waals surface area contributed by atoms with Gasteiger partial charge in [-0.1, -0.05) is 18.2 Å². The van der Waals surface area contributed by atoms with E-state index in [9.17, 15) is 17.6 Å². The van der Waals surface area contributed by atoms with Crippen LogP contribution in [0.4, 0.5) is 17.6 Å². The van der Waals surface area contributed by atoms with Crippen molar-refractivity contribution < 1.29 is 22.3 Å². The van der Waals surface area contributed by atoms with Crippen molar-refractivity contribution >= 4 is 0 Å². The molecule has 6 heteroatoms. The molecule has 0 aromatic heterocycles. The van der Waals surface area contributed by atoms with E-state index in [2.05, 4.69) is 10.1 Å². The Morgan fingerprint density at radius 1 is 1.00 bits per heavy atom. The fourth-order valence-corrected chi connectivity index (χ4v) is 2.17. The van der Waals surface area contributed by atoms with Gasteiger partial charge in [0, 0.05) is 11.6 Å². The summed E-state index contributed by atoms with van der Waals surface area (Å²) in [6, 6.07) is 8.46. The lowest BCUT2D eigenvalue weighted by Crippen LogP contribution is -2.19. The first-order valence-electron chi connectivity index (χ1n) is 6.18. The minimum absolute atomic E-state index is 0.0449. The van der Waals surface area contributed by atoms with E-state index in [0.717, 1.165) is 18.2 Å². The zero-order valence-corrected chi connectivity index (χ0v) is 11.1. The topological polar surface area (TPSA) is 21.3 Å². The standard InChI is InChI=1S/C15H13F4NO/c1-20-14(9-6-10(16)8-11(17)7-9)12-4-2-3-5-13(12)21-15(18)19/h2-8,14-15,20H,1H3. The van der Waals surface area contributed by atoms with Gasteiger partial charge in [-0.25, -0.2) is 8.78 Å². The highest BCUT2D eigenvalue weighted by atomic mass is 19.3. The van der Waals surface area contributed by atoms with Crippen LogP contribution in [0.1, 0.15) is 17.2 Å². The van der Waals surface area contributed by atoms with Crippen LogP contribution in [0.25, 0.3) is 0 Å². The van der Waals surface area contributed by atoms with E-state index in [1.165, 1.54) is 6.07 Å². The molecule has 0 saturated heterocycles. The summed E-state index contributed by atoms with van der Waals surface area (Å²) in [5.74, 6) is -1.52. The van der Waals surface area contributed by atoms with Crippen LogP contribution in [0, 0.1) is 11.6 Å². The van der Waals surface area contributed by atoms with Crippen LogP contribution < -0.4 is 10.1 Å². The third-order valence-electron chi connectivity index (χ3n) is 2.95. The smallest absolute Gasteiger partial charge is 0.387 e. The van der Waals surface area contributed by atoms with Gasteiger partial charge in [-0.05, 0) is 30.8 Å². The van der Waals surface area contributed by atoms with Gasteiger partial charge < -0.3 is 10.1 Å². The summed E-state index contributed by atoms with van der Waals surface area (Å²) in [4.78, 5) is 0. The zero-order valence-electron chi connectivity index (χ0n) is 11.1. The lowest BCUT2D eigenvalue weighted by molar-refractivity contribution is -0.0506. The van der Waals surface area contributed by atoms with Gasteiger partial charge in [0.2, 0.25) is 0 Å². The number of para-hydroxylation sites is 1. The number of halogens is 4. The van der Waals surface area contributed by atoms with Crippen LogP contribution in [-0.2, 0) is 0 Å². The summed E-state index contributed by atoms with van der Waals surface area (Å²) >= 11 is 0. The Hall–Kier alpha value is -2.08. The van der Waals surface area contributed by atoms with Crippen molar-refractivity contribution in [1.29, 1.82) is 0 Å². The van der Waals surface area contributed by atoms with Gasteiger partial charge in [-0.15, -0.1) is 0 Å². The monoisotopic (exact) mass is 299 g/mol. The summed E-state index contributed by atoms with van der Waals surface area (Å²) in [6.07, 6.45) is 0. The molecule has 1 atom stereocenters. The molecule has 0 aliphatic carbocycles. The number of alkyl halides is 2. The summed E-state index contributed by atoms with van der Waals surface area (Å²) in [5.41, 5.74) is 0.644. The van der Waals surface area contributed by atoms with Crippen molar-refractivity contribution in [3.8, 4) is 5.75 Å².